The van der Waals surface area contributed by atoms with Crippen molar-refractivity contribution in [2.24, 2.45) is 0 Å². The van der Waals surface area contributed by atoms with Crippen LogP contribution < -0.4 is 10.1 Å². The Morgan fingerprint density at radius 1 is 1.31 bits per heavy atom. The summed E-state index contributed by atoms with van der Waals surface area (Å²) in [7, 11) is 1.93. The van der Waals surface area contributed by atoms with Gasteiger partial charge in [0.25, 0.3) is 0 Å². The lowest BCUT2D eigenvalue weighted by atomic mass is 10.2. The van der Waals surface area contributed by atoms with E-state index in [0.717, 1.165) is 31.6 Å². The number of hydrogen-bond donors (Lipinski definition) is 2. The van der Waals surface area contributed by atoms with Crippen LogP contribution in [0, 0.1) is 0 Å². The molecule has 1 aromatic rings. The third kappa shape index (κ3) is 2.74. The summed E-state index contributed by atoms with van der Waals surface area (Å²) in [5.74, 6) is 0.853. The molecule has 1 saturated carbocycles. The lowest BCUT2D eigenvalue weighted by Crippen LogP contribution is -2.25. The maximum absolute atomic E-state index is 9.65. The van der Waals surface area contributed by atoms with E-state index in [0.29, 0.717) is 0 Å². The second-order valence-corrected chi connectivity index (χ2v) is 4.33. The van der Waals surface area contributed by atoms with Crippen molar-refractivity contribution < 1.29 is 9.84 Å². The summed E-state index contributed by atoms with van der Waals surface area (Å²) >= 11 is 0. The van der Waals surface area contributed by atoms with Crippen molar-refractivity contribution in [2.75, 3.05) is 7.05 Å². The minimum absolute atomic E-state index is 0.0184. The summed E-state index contributed by atoms with van der Waals surface area (Å²) in [6.45, 7) is 0.867. The lowest BCUT2D eigenvalue weighted by molar-refractivity contribution is 0.0604. The fourth-order valence-corrected chi connectivity index (χ4v) is 2.11. The van der Waals surface area contributed by atoms with Crippen LogP contribution >= 0.6 is 0 Å². The average Bonchev–Trinajstić information content (AvgIpc) is 2.68. The van der Waals surface area contributed by atoms with Gasteiger partial charge in [0.05, 0.1) is 6.10 Å². The van der Waals surface area contributed by atoms with Gasteiger partial charge < -0.3 is 15.2 Å². The van der Waals surface area contributed by atoms with Gasteiger partial charge in [-0.1, -0.05) is 12.1 Å². The molecular weight excluding hydrogens is 202 g/mol. The van der Waals surface area contributed by atoms with Crippen LogP contribution in [0.1, 0.15) is 24.8 Å². The summed E-state index contributed by atoms with van der Waals surface area (Å²) in [5, 5.41) is 12.8. The molecule has 2 rings (SSSR count). The van der Waals surface area contributed by atoms with Crippen LogP contribution in [-0.2, 0) is 6.54 Å². The van der Waals surface area contributed by atoms with Crippen molar-refractivity contribution >= 4 is 0 Å². The molecular formula is C13H19NO2. The van der Waals surface area contributed by atoms with Crippen molar-refractivity contribution in [1.82, 2.24) is 5.32 Å². The molecule has 0 saturated heterocycles. The molecule has 0 amide bonds. The minimum atomic E-state index is -0.294. The van der Waals surface area contributed by atoms with Gasteiger partial charge in [0.2, 0.25) is 0 Å². The van der Waals surface area contributed by atoms with Crippen LogP contribution in [0.25, 0.3) is 0 Å². The molecule has 2 atom stereocenters. The van der Waals surface area contributed by atoms with Gasteiger partial charge >= 0.3 is 0 Å². The standard InChI is InChI=1S/C13H19NO2/c1-14-9-10-5-7-11(8-6-10)16-13-4-2-3-12(13)15/h5-8,12-15H,2-4,9H2,1H3. The second-order valence-electron chi connectivity index (χ2n) is 4.33. The first kappa shape index (κ1) is 11.4. The van der Waals surface area contributed by atoms with Crippen molar-refractivity contribution in [2.45, 2.75) is 38.0 Å². The summed E-state index contributed by atoms with van der Waals surface area (Å²) in [5.41, 5.74) is 1.24. The van der Waals surface area contributed by atoms with Crippen LogP contribution in [0.5, 0.6) is 5.75 Å². The zero-order valence-corrected chi connectivity index (χ0v) is 9.65. The van der Waals surface area contributed by atoms with E-state index in [1.807, 2.05) is 31.3 Å². The van der Waals surface area contributed by atoms with Gasteiger partial charge in [0.15, 0.2) is 0 Å². The SMILES string of the molecule is CNCc1ccc(OC2CCCC2O)cc1. The normalized spacial score (nSPS) is 24.6. The smallest absolute Gasteiger partial charge is 0.124 e. The lowest BCUT2D eigenvalue weighted by Gasteiger charge is -2.17. The van der Waals surface area contributed by atoms with E-state index in [9.17, 15) is 5.11 Å². The van der Waals surface area contributed by atoms with E-state index in [-0.39, 0.29) is 12.2 Å². The molecule has 0 heterocycles. The molecule has 16 heavy (non-hydrogen) atoms. The zero-order chi connectivity index (χ0) is 11.4. The molecule has 2 unspecified atom stereocenters. The number of hydrogen-bond acceptors (Lipinski definition) is 3. The third-order valence-corrected chi connectivity index (χ3v) is 3.01. The minimum Gasteiger partial charge on any atom is -0.488 e. The molecule has 0 aromatic heterocycles. The second kappa shape index (κ2) is 5.32. The largest absolute Gasteiger partial charge is 0.488 e. The Morgan fingerprint density at radius 2 is 2.06 bits per heavy atom. The fourth-order valence-electron chi connectivity index (χ4n) is 2.11. The maximum atomic E-state index is 9.65. The van der Waals surface area contributed by atoms with Gasteiger partial charge in [0.1, 0.15) is 11.9 Å². The first-order valence-electron chi connectivity index (χ1n) is 5.88. The van der Waals surface area contributed by atoms with Crippen LogP contribution in [0.3, 0.4) is 0 Å². The molecule has 3 heteroatoms. The highest BCUT2D eigenvalue weighted by Crippen LogP contribution is 2.24. The predicted molar refractivity (Wildman–Crippen MR) is 63.5 cm³/mol. The number of nitrogens with one attached hydrogen (secondary N) is 1. The maximum Gasteiger partial charge on any atom is 0.124 e. The van der Waals surface area contributed by atoms with E-state index in [2.05, 4.69) is 5.32 Å². The Morgan fingerprint density at radius 3 is 2.62 bits per heavy atom. The van der Waals surface area contributed by atoms with E-state index in [1.54, 1.807) is 0 Å². The van der Waals surface area contributed by atoms with Gasteiger partial charge in [-0.15, -0.1) is 0 Å². The Balaban J connectivity index is 1.94. The van der Waals surface area contributed by atoms with Gasteiger partial charge in [0, 0.05) is 6.54 Å². The van der Waals surface area contributed by atoms with Gasteiger partial charge in [-0.2, -0.15) is 0 Å². The number of ether oxygens (including phenoxy) is 1. The fraction of sp³-hybridized carbons (Fsp3) is 0.538. The van der Waals surface area contributed by atoms with Crippen LogP contribution in [0.15, 0.2) is 24.3 Å². The highest BCUT2D eigenvalue weighted by molar-refractivity contribution is 5.27. The van der Waals surface area contributed by atoms with Gasteiger partial charge in [-0.3, -0.25) is 0 Å². The monoisotopic (exact) mass is 221 g/mol. The first-order valence-corrected chi connectivity index (χ1v) is 5.88. The molecule has 1 fully saturated rings. The van der Waals surface area contributed by atoms with Gasteiger partial charge in [-0.05, 0) is 44.0 Å². The Hall–Kier alpha value is -1.06. The van der Waals surface area contributed by atoms with Gasteiger partial charge in [-0.25, -0.2) is 0 Å². The first-order chi connectivity index (χ1) is 7.79. The van der Waals surface area contributed by atoms with Crippen molar-refractivity contribution in [3.63, 3.8) is 0 Å². The van der Waals surface area contributed by atoms with Crippen LogP contribution in [-0.4, -0.2) is 24.4 Å². The highest BCUT2D eigenvalue weighted by atomic mass is 16.5. The Labute approximate surface area is 96.4 Å². The van der Waals surface area contributed by atoms with E-state index in [1.165, 1.54) is 5.56 Å². The van der Waals surface area contributed by atoms with Crippen molar-refractivity contribution in [3.05, 3.63) is 29.8 Å². The number of aliphatic hydroxyl groups excluding tert-OH is 1. The van der Waals surface area contributed by atoms with E-state index < -0.39 is 0 Å². The summed E-state index contributed by atoms with van der Waals surface area (Å²) in [4.78, 5) is 0. The third-order valence-electron chi connectivity index (χ3n) is 3.01. The molecule has 3 nitrogen and oxygen atoms in total. The predicted octanol–water partition coefficient (Wildman–Crippen LogP) is 1.70. The number of benzene rings is 1. The molecule has 1 aliphatic carbocycles. The van der Waals surface area contributed by atoms with Crippen molar-refractivity contribution in [1.29, 1.82) is 0 Å². The molecule has 88 valence electrons. The topological polar surface area (TPSA) is 41.5 Å². The van der Waals surface area contributed by atoms with Crippen LogP contribution in [0.2, 0.25) is 0 Å². The highest BCUT2D eigenvalue weighted by Gasteiger charge is 2.26. The van der Waals surface area contributed by atoms with E-state index in [4.69, 9.17) is 4.74 Å². The zero-order valence-electron chi connectivity index (χ0n) is 9.65. The van der Waals surface area contributed by atoms with Crippen molar-refractivity contribution in [3.8, 4) is 5.75 Å². The number of aliphatic hydroxyl groups is 1. The summed E-state index contributed by atoms with van der Waals surface area (Å²) in [6, 6.07) is 8.04. The molecule has 2 N–H and O–H groups in total. The average molecular weight is 221 g/mol. The molecule has 0 spiro atoms. The Kier molecular flexibility index (Phi) is 3.80. The molecule has 0 bridgehead atoms. The van der Waals surface area contributed by atoms with E-state index >= 15 is 0 Å². The Bertz CT molecular complexity index is 323. The number of rotatable bonds is 4. The molecule has 0 radical (unpaired) electrons. The quantitative estimate of drug-likeness (QED) is 0.813. The summed E-state index contributed by atoms with van der Waals surface area (Å²) in [6.07, 6.45) is 2.57. The molecule has 1 aromatic carbocycles. The molecule has 0 aliphatic heterocycles. The van der Waals surface area contributed by atoms with Crippen LogP contribution in [0.4, 0.5) is 0 Å². The summed E-state index contributed by atoms with van der Waals surface area (Å²) < 4.78 is 5.75. The molecule has 1 aliphatic rings.